The summed E-state index contributed by atoms with van der Waals surface area (Å²) in [6.45, 7) is 0.0993. The number of nitrogens with one attached hydrogen (secondary N) is 2. The van der Waals surface area contributed by atoms with Gasteiger partial charge in [0.1, 0.15) is 0 Å². The molecule has 0 aliphatic heterocycles. The first-order valence-electron chi connectivity index (χ1n) is 9.03. The van der Waals surface area contributed by atoms with Gasteiger partial charge in [0.25, 0.3) is 0 Å². The molecule has 4 aliphatic carbocycles. The van der Waals surface area contributed by atoms with Crippen LogP contribution in [-0.2, 0) is 12.7 Å². The molecule has 4 fully saturated rings. The molecule has 4 aliphatic rings. The SMILES string of the molecule is O=C(NCc1cccc(C(F)(F)F)c1)NC12CC3CC(CC(C3)C1)C2. The molecule has 0 heterocycles. The highest BCUT2D eigenvalue weighted by Crippen LogP contribution is 2.55. The van der Waals surface area contributed by atoms with E-state index in [2.05, 4.69) is 10.6 Å². The van der Waals surface area contributed by atoms with Crippen LogP contribution in [0.1, 0.15) is 49.7 Å². The second kappa shape index (κ2) is 5.92. The average molecular weight is 352 g/mol. The summed E-state index contributed by atoms with van der Waals surface area (Å²) in [4.78, 5) is 12.3. The van der Waals surface area contributed by atoms with Gasteiger partial charge in [-0.15, -0.1) is 0 Å². The lowest BCUT2D eigenvalue weighted by atomic mass is 9.53. The van der Waals surface area contributed by atoms with Crippen molar-refractivity contribution < 1.29 is 18.0 Å². The summed E-state index contributed by atoms with van der Waals surface area (Å²) >= 11 is 0. The minimum Gasteiger partial charge on any atom is -0.334 e. The first-order valence-corrected chi connectivity index (χ1v) is 9.03. The van der Waals surface area contributed by atoms with Crippen molar-refractivity contribution in [3.8, 4) is 0 Å². The number of rotatable bonds is 3. The minimum absolute atomic E-state index is 0.0906. The molecule has 2 amide bonds. The van der Waals surface area contributed by atoms with Crippen LogP contribution in [0.2, 0.25) is 0 Å². The third kappa shape index (κ3) is 3.48. The number of urea groups is 1. The Bertz CT molecular complexity index is 636. The molecule has 6 heteroatoms. The summed E-state index contributed by atoms with van der Waals surface area (Å²) < 4.78 is 38.3. The Balaban J connectivity index is 1.36. The third-order valence-corrected chi connectivity index (χ3v) is 6.12. The van der Waals surface area contributed by atoms with Crippen LogP contribution in [0.4, 0.5) is 18.0 Å². The monoisotopic (exact) mass is 352 g/mol. The average Bonchev–Trinajstić information content (AvgIpc) is 2.50. The normalized spacial score (nSPS) is 33.3. The number of carbonyl (C=O) groups is 1. The number of carbonyl (C=O) groups excluding carboxylic acids is 1. The zero-order chi connectivity index (χ0) is 17.7. The number of alkyl halides is 3. The van der Waals surface area contributed by atoms with Crippen molar-refractivity contribution in [2.24, 2.45) is 17.8 Å². The minimum atomic E-state index is -4.36. The highest BCUT2D eigenvalue weighted by atomic mass is 19.4. The van der Waals surface area contributed by atoms with E-state index in [1.165, 1.54) is 25.3 Å². The summed E-state index contributed by atoms with van der Waals surface area (Å²) in [5, 5.41) is 5.90. The van der Waals surface area contributed by atoms with Gasteiger partial charge in [-0.25, -0.2) is 4.79 Å². The Morgan fingerprint density at radius 3 is 2.24 bits per heavy atom. The van der Waals surface area contributed by atoms with Gasteiger partial charge in [0.2, 0.25) is 0 Å². The van der Waals surface area contributed by atoms with Crippen LogP contribution >= 0.6 is 0 Å². The van der Waals surface area contributed by atoms with Gasteiger partial charge in [0, 0.05) is 12.1 Å². The molecular weight excluding hydrogens is 329 g/mol. The van der Waals surface area contributed by atoms with Crippen molar-refractivity contribution in [3.05, 3.63) is 35.4 Å². The van der Waals surface area contributed by atoms with Gasteiger partial charge in [-0.1, -0.05) is 12.1 Å². The zero-order valence-corrected chi connectivity index (χ0v) is 14.0. The standard InChI is InChI=1S/C19H23F3N2O/c20-19(21,22)16-3-1-2-12(7-16)11-23-17(25)24-18-8-13-4-14(9-18)6-15(5-13)10-18/h1-3,7,13-15H,4-6,8-11H2,(H2,23,24,25). The Morgan fingerprint density at radius 1 is 1.08 bits per heavy atom. The molecule has 2 N–H and O–H groups in total. The quantitative estimate of drug-likeness (QED) is 0.828. The van der Waals surface area contributed by atoms with Crippen molar-refractivity contribution >= 4 is 6.03 Å². The fraction of sp³-hybridized carbons (Fsp3) is 0.632. The van der Waals surface area contributed by atoms with E-state index >= 15 is 0 Å². The maximum Gasteiger partial charge on any atom is 0.416 e. The summed E-state index contributed by atoms with van der Waals surface area (Å²) in [5.41, 5.74) is -0.323. The number of halogens is 3. The summed E-state index contributed by atoms with van der Waals surface area (Å²) in [6, 6.07) is 4.83. The smallest absolute Gasteiger partial charge is 0.334 e. The molecule has 1 aromatic carbocycles. The van der Waals surface area contributed by atoms with Gasteiger partial charge < -0.3 is 10.6 Å². The molecule has 4 saturated carbocycles. The lowest BCUT2D eigenvalue weighted by Crippen LogP contribution is -2.61. The first kappa shape index (κ1) is 16.7. The van der Waals surface area contributed by atoms with E-state index in [-0.39, 0.29) is 18.1 Å². The Kier molecular flexibility index (Phi) is 3.96. The largest absolute Gasteiger partial charge is 0.416 e. The lowest BCUT2D eigenvalue weighted by molar-refractivity contribution is -0.137. The summed E-state index contributed by atoms with van der Waals surface area (Å²) in [6.07, 6.45) is 2.69. The van der Waals surface area contributed by atoms with Gasteiger partial charge in [-0.2, -0.15) is 13.2 Å². The van der Waals surface area contributed by atoms with Gasteiger partial charge in [-0.05, 0) is 74.0 Å². The van der Waals surface area contributed by atoms with Crippen molar-refractivity contribution in [2.45, 2.75) is 56.8 Å². The Morgan fingerprint density at radius 2 is 1.68 bits per heavy atom. The molecule has 3 nitrogen and oxygen atoms in total. The van der Waals surface area contributed by atoms with Gasteiger partial charge in [0.05, 0.1) is 5.56 Å². The first-order chi connectivity index (χ1) is 11.8. The fourth-order valence-electron chi connectivity index (χ4n) is 5.59. The Labute approximate surface area is 145 Å². The molecule has 0 saturated heterocycles. The highest BCUT2D eigenvalue weighted by molar-refractivity contribution is 5.75. The molecule has 0 radical (unpaired) electrons. The predicted octanol–water partition coefficient (Wildman–Crippen LogP) is 4.47. The number of benzene rings is 1. The molecule has 5 rings (SSSR count). The molecule has 1 aromatic rings. The van der Waals surface area contributed by atoms with E-state index in [4.69, 9.17) is 0 Å². The van der Waals surface area contributed by atoms with Crippen LogP contribution in [0.15, 0.2) is 24.3 Å². The Hall–Kier alpha value is -1.72. The predicted molar refractivity (Wildman–Crippen MR) is 87.7 cm³/mol. The zero-order valence-electron chi connectivity index (χ0n) is 14.0. The molecule has 136 valence electrons. The van der Waals surface area contributed by atoms with Crippen LogP contribution < -0.4 is 10.6 Å². The van der Waals surface area contributed by atoms with Crippen molar-refractivity contribution in [1.29, 1.82) is 0 Å². The molecular formula is C19H23F3N2O. The molecule has 0 aromatic heterocycles. The summed E-state index contributed by atoms with van der Waals surface area (Å²) in [7, 11) is 0. The topological polar surface area (TPSA) is 41.1 Å². The molecule has 0 unspecified atom stereocenters. The lowest BCUT2D eigenvalue weighted by Gasteiger charge is -2.56. The highest BCUT2D eigenvalue weighted by Gasteiger charge is 2.51. The number of hydrogen-bond acceptors (Lipinski definition) is 1. The molecule has 25 heavy (non-hydrogen) atoms. The van der Waals surface area contributed by atoms with E-state index in [9.17, 15) is 18.0 Å². The van der Waals surface area contributed by atoms with Crippen LogP contribution in [0.5, 0.6) is 0 Å². The fourth-order valence-corrected chi connectivity index (χ4v) is 5.59. The van der Waals surface area contributed by atoms with Crippen LogP contribution in [-0.4, -0.2) is 11.6 Å². The molecule has 0 atom stereocenters. The van der Waals surface area contributed by atoms with E-state index in [0.29, 0.717) is 5.56 Å². The second-order valence-electron chi connectivity index (χ2n) is 8.20. The van der Waals surface area contributed by atoms with Crippen LogP contribution in [0.25, 0.3) is 0 Å². The number of amides is 2. The third-order valence-electron chi connectivity index (χ3n) is 6.12. The van der Waals surface area contributed by atoms with Crippen molar-refractivity contribution in [2.75, 3.05) is 0 Å². The van der Waals surface area contributed by atoms with E-state index in [1.54, 1.807) is 6.07 Å². The van der Waals surface area contributed by atoms with E-state index in [0.717, 1.165) is 49.1 Å². The van der Waals surface area contributed by atoms with E-state index < -0.39 is 11.7 Å². The van der Waals surface area contributed by atoms with Crippen molar-refractivity contribution in [1.82, 2.24) is 10.6 Å². The van der Waals surface area contributed by atoms with Crippen molar-refractivity contribution in [3.63, 3.8) is 0 Å². The molecule has 0 spiro atoms. The van der Waals surface area contributed by atoms with Gasteiger partial charge in [-0.3, -0.25) is 0 Å². The second-order valence-corrected chi connectivity index (χ2v) is 8.20. The number of hydrogen-bond donors (Lipinski definition) is 2. The summed E-state index contributed by atoms with van der Waals surface area (Å²) in [5.74, 6) is 2.19. The van der Waals surface area contributed by atoms with Gasteiger partial charge in [0.15, 0.2) is 0 Å². The molecule has 4 bridgehead atoms. The van der Waals surface area contributed by atoms with E-state index in [1.807, 2.05) is 0 Å². The van der Waals surface area contributed by atoms with Crippen LogP contribution in [0, 0.1) is 17.8 Å². The maximum absolute atomic E-state index is 12.8. The van der Waals surface area contributed by atoms with Gasteiger partial charge >= 0.3 is 12.2 Å². The van der Waals surface area contributed by atoms with Crippen LogP contribution in [0.3, 0.4) is 0 Å². The maximum atomic E-state index is 12.8.